The summed E-state index contributed by atoms with van der Waals surface area (Å²) in [7, 11) is 3.68. The largest absolute Gasteiger partial charge is 0.496 e. The molecule has 33 heavy (non-hydrogen) atoms. The Hall–Kier alpha value is -3.99. The van der Waals surface area contributed by atoms with Crippen LogP contribution in [0.1, 0.15) is 30.2 Å². The molecule has 0 aliphatic carbocycles. The van der Waals surface area contributed by atoms with Gasteiger partial charge in [0.2, 0.25) is 0 Å². The van der Waals surface area contributed by atoms with Gasteiger partial charge in [0.25, 0.3) is 0 Å². The Morgan fingerprint density at radius 3 is 2.64 bits per heavy atom. The van der Waals surface area contributed by atoms with E-state index in [4.69, 9.17) is 15.5 Å². The third-order valence-electron chi connectivity index (χ3n) is 5.24. The van der Waals surface area contributed by atoms with E-state index in [1.807, 2.05) is 62.5 Å². The predicted molar refractivity (Wildman–Crippen MR) is 131 cm³/mol. The lowest BCUT2D eigenvalue weighted by Crippen LogP contribution is -2.38. The molecule has 0 aliphatic heterocycles. The molecule has 2 aromatic carbocycles. The van der Waals surface area contributed by atoms with Gasteiger partial charge in [0.05, 0.1) is 18.5 Å². The summed E-state index contributed by atoms with van der Waals surface area (Å²) in [6, 6.07) is 19.8. The van der Waals surface area contributed by atoms with E-state index in [1.165, 1.54) is 0 Å². The van der Waals surface area contributed by atoms with Crippen LogP contribution < -0.4 is 15.8 Å². The van der Waals surface area contributed by atoms with Crippen LogP contribution in [0.3, 0.4) is 0 Å². The molecule has 3 N–H and O–H groups in total. The number of para-hydroxylation sites is 2. The van der Waals surface area contributed by atoms with Crippen LogP contribution in [0.15, 0.2) is 59.6 Å². The first-order valence-electron chi connectivity index (χ1n) is 11.0. The van der Waals surface area contributed by atoms with Crippen LogP contribution in [0.25, 0.3) is 5.69 Å². The van der Waals surface area contributed by atoms with Crippen LogP contribution in [0.2, 0.25) is 0 Å². The Kier molecular flexibility index (Phi) is 8.30. The number of aryl methyl sites for hydroxylation is 1. The van der Waals surface area contributed by atoms with Gasteiger partial charge in [-0.15, -0.1) is 0 Å². The molecule has 172 valence electrons. The van der Waals surface area contributed by atoms with E-state index in [9.17, 15) is 5.26 Å². The minimum atomic E-state index is 0.368. The van der Waals surface area contributed by atoms with Crippen LogP contribution in [0.5, 0.6) is 5.75 Å². The number of ether oxygens (including phenoxy) is 1. The third kappa shape index (κ3) is 5.83. The lowest BCUT2D eigenvalue weighted by molar-refractivity contribution is 0.396. The fourth-order valence-electron chi connectivity index (χ4n) is 3.61. The van der Waals surface area contributed by atoms with Crippen molar-refractivity contribution in [3.63, 3.8) is 0 Å². The molecule has 0 atom stereocenters. The molecule has 1 aromatic heterocycles. The molecule has 0 fully saturated rings. The molecule has 0 radical (unpaired) electrons. The molecule has 8 heteroatoms. The second-order valence-electron chi connectivity index (χ2n) is 7.57. The van der Waals surface area contributed by atoms with Crippen molar-refractivity contribution < 1.29 is 4.74 Å². The number of hydrogen-bond donors (Lipinski definition) is 2. The fraction of sp³-hybridized carbons (Fsp3) is 0.320. The highest BCUT2D eigenvalue weighted by atomic mass is 16.5. The summed E-state index contributed by atoms with van der Waals surface area (Å²) in [5, 5.41) is 17.5. The van der Waals surface area contributed by atoms with Gasteiger partial charge < -0.3 is 20.7 Å². The summed E-state index contributed by atoms with van der Waals surface area (Å²) in [4.78, 5) is 6.84. The van der Waals surface area contributed by atoms with Gasteiger partial charge in [-0.1, -0.05) is 36.4 Å². The number of rotatable bonds is 9. The zero-order valence-electron chi connectivity index (χ0n) is 19.5. The van der Waals surface area contributed by atoms with E-state index in [1.54, 1.807) is 11.8 Å². The van der Waals surface area contributed by atoms with Gasteiger partial charge in [-0.05, 0) is 38.0 Å². The van der Waals surface area contributed by atoms with Gasteiger partial charge in [0, 0.05) is 32.2 Å². The maximum Gasteiger partial charge on any atom is 0.193 e. The minimum Gasteiger partial charge on any atom is -0.496 e. The molecule has 3 rings (SSSR count). The van der Waals surface area contributed by atoms with Gasteiger partial charge in [0.15, 0.2) is 5.96 Å². The summed E-state index contributed by atoms with van der Waals surface area (Å²) in [5.74, 6) is 2.04. The normalized spacial score (nSPS) is 11.2. The van der Waals surface area contributed by atoms with Gasteiger partial charge in [-0.2, -0.15) is 10.4 Å². The number of anilines is 1. The van der Waals surface area contributed by atoms with Crippen molar-refractivity contribution in [2.24, 2.45) is 4.99 Å². The average Bonchev–Trinajstić information content (AvgIpc) is 3.16. The lowest BCUT2D eigenvalue weighted by atomic mass is 10.1. The van der Waals surface area contributed by atoms with Crippen LogP contribution in [0.4, 0.5) is 5.82 Å². The molecule has 8 nitrogen and oxygen atoms in total. The van der Waals surface area contributed by atoms with Crippen LogP contribution in [0, 0.1) is 11.3 Å². The highest BCUT2D eigenvalue weighted by Crippen LogP contribution is 2.22. The maximum absolute atomic E-state index is 9.59. The zero-order chi connectivity index (χ0) is 23.6. The number of methoxy groups -OCH3 is 1. The summed E-state index contributed by atoms with van der Waals surface area (Å²) in [6.07, 6.45) is 1.36. The molecule has 0 aliphatic rings. The molecule has 0 saturated carbocycles. The Balaban J connectivity index is 1.67. The number of aromatic nitrogens is 2. The summed E-state index contributed by atoms with van der Waals surface area (Å²) in [6.45, 7) is 4.09. The van der Waals surface area contributed by atoms with Crippen molar-refractivity contribution in [3.8, 4) is 17.5 Å². The Bertz CT molecular complexity index is 1120. The minimum absolute atomic E-state index is 0.368. The average molecular weight is 446 g/mol. The first kappa shape index (κ1) is 23.7. The molecular weight excluding hydrogens is 414 g/mol. The first-order valence-corrected chi connectivity index (χ1v) is 11.0. The fourth-order valence-corrected chi connectivity index (χ4v) is 3.61. The third-order valence-corrected chi connectivity index (χ3v) is 5.24. The van der Waals surface area contributed by atoms with E-state index >= 15 is 0 Å². The number of hydrogen-bond acceptors (Lipinski definition) is 5. The summed E-state index contributed by atoms with van der Waals surface area (Å²) in [5.41, 5.74) is 9.26. The second-order valence-corrected chi connectivity index (χ2v) is 7.57. The van der Waals surface area contributed by atoms with Crippen LogP contribution in [-0.4, -0.2) is 47.9 Å². The Morgan fingerprint density at radius 1 is 1.21 bits per heavy atom. The lowest BCUT2D eigenvalue weighted by Gasteiger charge is -2.23. The number of nitrogen functional groups attached to an aromatic ring is 1. The van der Waals surface area contributed by atoms with Crippen LogP contribution in [-0.2, 0) is 13.0 Å². The standard InChI is InChI=1S/C25H31N7O/c1-4-28-25(31(2)18-19-11-8-9-15-23(19)33-3)29-16-10-14-22-21(17-26)24(27)32(30-22)20-12-6-5-7-13-20/h5-9,11-13,15H,4,10,14,16,18,27H2,1-3H3,(H,28,29). The summed E-state index contributed by atoms with van der Waals surface area (Å²) < 4.78 is 7.09. The molecule has 0 spiro atoms. The van der Waals surface area contributed by atoms with Crippen molar-refractivity contribution in [2.45, 2.75) is 26.3 Å². The van der Waals surface area contributed by atoms with E-state index in [0.29, 0.717) is 36.6 Å². The van der Waals surface area contributed by atoms with E-state index in [-0.39, 0.29) is 0 Å². The first-order chi connectivity index (χ1) is 16.1. The van der Waals surface area contributed by atoms with Crippen LogP contribution >= 0.6 is 0 Å². The maximum atomic E-state index is 9.59. The summed E-state index contributed by atoms with van der Waals surface area (Å²) >= 11 is 0. The van der Waals surface area contributed by atoms with Gasteiger partial charge >= 0.3 is 0 Å². The number of nitrogens with one attached hydrogen (secondary N) is 1. The van der Waals surface area contributed by atoms with E-state index in [2.05, 4.69) is 27.5 Å². The highest BCUT2D eigenvalue weighted by molar-refractivity contribution is 5.79. The topological polar surface area (TPSA) is 104 Å². The van der Waals surface area contributed by atoms with Gasteiger partial charge in [-0.25, -0.2) is 4.68 Å². The molecular formula is C25H31N7O. The zero-order valence-corrected chi connectivity index (χ0v) is 19.5. The molecule has 3 aromatic rings. The Labute approximate surface area is 195 Å². The predicted octanol–water partition coefficient (Wildman–Crippen LogP) is 3.36. The van der Waals surface area contributed by atoms with E-state index < -0.39 is 0 Å². The number of nitriles is 1. The monoisotopic (exact) mass is 445 g/mol. The molecule has 1 heterocycles. The Morgan fingerprint density at radius 2 is 1.94 bits per heavy atom. The van der Waals surface area contributed by atoms with Gasteiger partial charge in [-0.3, -0.25) is 4.99 Å². The highest BCUT2D eigenvalue weighted by Gasteiger charge is 2.16. The SMILES string of the molecule is CCNC(=NCCCc1nn(-c2ccccc2)c(N)c1C#N)N(C)Cc1ccccc1OC. The molecule has 0 bridgehead atoms. The van der Waals surface area contributed by atoms with Crippen molar-refractivity contribution in [1.82, 2.24) is 20.0 Å². The molecule has 0 unspecified atom stereocenters. The van der Waals surface area contributed by atoms with Crippen molar-refractivity contribution in [3.05, 3.63) is 71.4 Å². The van der Waals surface area contributed by atoms with E-state index in [0.717, 1.165) is 35.9 Å². The number of nitrogens with two attached hydrogens (primary N) is 1. The number of aliphatic imine (C=N–C) groups is 1. The van der Waals surface area contributed by atoms with Crippen molar-refractivity contribution >= 4 is 11.8 Å². The van der Waals surface area contributed by atoms with Crippen molar-refractivity contribution in [2.75, 3.05) is 33.0 Å². The second kappa shape index (κ2) is 11.6. The van der Waals surface area contributed by atoms with Gasteiger partial charge in [0.1, 0.15) is 23.2 Å². The number of guanidine groups is 1. The molecule has 0 amide bonds. The quantitative estimate of drug-likeness (QED) is 0.297. The van der Waals surface area contributed by atoms with Crippen molar-refractivity contribution in [1.29, 1.82) is 5.26 Å². The molecule has 0 saturated heterocycles. The smallest absolute Gasteiger partial charge is 0.193 e. The number of nitrogens with zero attached hydrogens (tertiary/aromatic N) is 5. The number of benzene rings is 2.